The fourth-order valence-electron chi connectivity index (χ4n) is 1.62. The van der Waals surface area contributed by atoms with Crippen LogP contribution in [0, 0.1) is 23.0 Å². The maximum Gasteiger partial charge on any atom is 0.274 e. The Bertz CT molecular complexity index is 438. The minimum absolute atomic E-state index is 0.125. The minimum atomic E-state index is -0.370. The Hall–Kier alpha value is -1.14. The van der Waals surface area contributed by atoms with Gasteiger partial charge in [-0.05, 0) is 34.8 Å². The van der Waals surface area contributed by atoms with Crippen LogP contribution in [0.25, 0.3) is 0 Å². The van der Waals surface area contributed by atoms with E-state index < -0.39 is 0 Å². The normalized spacial score (nSPS) is 12.2. The minimum Gasteiger partial charge on any atom is -0.384 e. The molecule has 0 bridgehead atoms. The lowest BCUT2D eigenvalue weighted by molar-refractivity contribution is -0.385. The maximum absolute atomic E-state index is 10.9. The van der Waals surface area contributed by atoms with Gasteiger partial charge in [0.25, 0.3) is 5.69 Å². The molecular weight excluding hydrogens is 300 g/mol. The summed E-state index contributed by atoms with van der Waals surface area (Å²) in [6.45, 7) is 5.12. The van der Waals surface area contributed by atoms with Gasteiger partial charge in [0.2, 0.25) is 0 Å². The molecule has 6 heteroatoms. The van der Waals surface area contributed by atoms with Gasteiger partial charge in [-0.15, -0.1) is 0 Å². The average Bonchev–Trinajstić information content (AvgIpc) is 2.27. The Morgan fingerprint density at radius 1 is 1.56 bits per heavy atom. The van der Waals surface area contributed by atoms with Crippen LogP contribution in [0.1, 0.15) is 12.5 Å². The zero-order valence-corrected chi connectivity index (χ0v) is 12.3. The highest BCUT2D eigenvalue weighted by Gasteiger charge is 2.14. The van der Waals surface area contributed by atoms with Gasteiger partial charge in [0.1, 0.15) is 0 Å². The molecule has 1 atom stereocenters. The van der Waals surface area contributed by atoms with E-state index in [0.717, 1.165) is 10.2 Å². The molecule has 0 aliphatic carbocycles. The Kier molecular flexibility index (Phi) is 5.55. The molecule has 5 nitrogen and oxygen atoms in total. The molecule has 0 spiro atoms. The molecule has 1 unspecified atom stereocenters. The summed E-state index contributed by atoms with van der Waals surface area (Å²) >= 11 is 3.40. The van der Waals surface area contributed by atoms with E-state index in [1.165, 1.54) is 0 Å². The van der Waals surface area contributed by atoms with E-state index in [2.05, 4.69) is 21.2 Å². The molecule has 0 radical (unpaired) electrons. The predicted molar refractivity (Wildman–Crippen MR) is 75.1 cm³/mol. The molecule has 0 aliphatic rings. The maximum atomic E-state index is 10.9. The second kappa shape index (κ2) is 6.70. The molecule has 0 heterocycles. The molecule has 0 saturated carbocycles. The van der Waals surface area contributed by atoms with Crippen molar-refractivity contribution < 1.29 is 9.66 Å². The van der Waals surface area contributed by atoms with Crippen molar-refractivity contribution in [1.82, 2.24) is 0 Å². The highest BCUT2D eigenvalue weighted by Crippen LogP contribution is 2.30. The first-order valence-corrected chi connectivity index (χ1v) is 6.42. The number of ether oxygens (including phenoxy) is 1. The van der Waals surface area contributed by atoms with E-state index in [1.54, 1.807) is 26.2 Å². The van der Waals surface area contributed by atoms with Gasteiger partial charge in [0.15, 0.2) is 0 Å². The van der Waals surface area contributed by atoms with Crippen LogP contribution < -0.4 is 5.32 Å². The van der Waals surface area contributed by atoms with Crippen molar-refractivity contribution in [2.45, 2.75) is 13.8 Å². The van der Waals surface area contributed by atoms with Gasteiger partial charge < -0.3 is 10.1 Å². The first kappa shape index (κ1) is 14.9. The predicted octanol–water partition coefficient (Wildman–Crippen LogP) is 3.36. The van der Waals surface area contributed by atoms with Gasteiger partial charge in [-0.2, -0.15) is 0 Å². The number of nitrogens with zero attached hydrogens (tertiary/aromatic N) is 1. The van der Waals surface area contributed by atoms with Crippen molar-refractivity contribution in [2.75, 3.05) is 25.6 Å². The monoisotopic (exact) mass is 316 g/mol. The van der Waals surface area contributed by atoms with Crippen LogP contribution in [0.15, 0.2) is 16.6 Å². The van der Waals surface area contributed by atoms with Crippen molar-refractivity contribution in [1.29, 1.82) is 0 Å². The Labute approximate surface area is 115 Å². The first-order valence-electron chi connectivity index (χ1n) is 5.63. The average molecular weight is 317 g/mol. The SMILES string of the molecule is COCC(C)CNc1cc([N+](=O)[O-])c(C)cc1Br. The van der Waals surface area contributed by atoms with Gasteiger partial charge in [0.05, 0.1) is 17.2 Å². The summed E-state index contributed by atoms with van der Waals surface area (Å²) in [7, 11) is 1.66. The fourth-order valence-corrected chi connectivity index (χ4v) is 2.22. The van der Waals surface area contributed by atoms with Crippen LogP contribution in [-0.2, 0) is 4.74 Å². The molecular formula is C12H17BrN2O3. The van der Waals surface area contributed by atoms with Gasteiger partial charge >= 0.3 is 0 Å². The van der Waals surface area contributed by atoms with Crippen LogP contribution in [0.4, 0.5) is 11.4 Å². The molecule has 1 N–H and O–H groups in total. The number of anilines is 1. The highest BCUT2D eigenvalue weighted by molar-refractivity contribution is 9.10. The van der Waals surface area contributed by atoms with Crippen molar-refractivity contribution in [2.24, 2.45) is 5.92 Å². The highest BCUT2D eigenvalue weighted by atomic mass is 79.9. The zero-order valence-electron chi connectivity index (χ0n) is 10.7. The lowest BCUT2D eigenvalue weighted by Crippen LogP contribution is -2.16. The Morgan fingerprint density at radius 2 is 2.22 bits per heavy atom. The number of nitrogens with one attached hydrogen (secondary N) is 1. The van der Waals surface area contributed by atoms with E-state index in [4.69, 9.17) is 4.74 Å². The molecule has 0 saturated heterocycles. The lowest BCUT2D eigenvalue weighted by atomic mass is 10.1. The van der Waals surface area contributed by atoms with E-state index in [0.29, 0.717) is 24.6 Å². The molecule has 1 rings (SSSR count). The third-order valence-electron chi connectivity index (χ3n) is 2.57. The summed E-state index contributed by atoms with van der Waals surface area (Å²) in [5.41, 5.74) is 1.50. The van der Waals surface area contributed by atoms with Gasteiger partial charge in [-0.1, -0.05) is 6.92 Å². The molecule has 0 amide bonds. The number of benzene rings is 1. The number of nitro benzene ring substituents is 1. The van der Waals surface area contributed by atoms with Crippen molar-refractivity contribution in [3.05, 3.63) is 32.3 Å². The quantitative estimate of drug-likeness (QED) is 0.645. The molecule has 1 aromatic rings. The van der Waals surface area contributed by atoms with Crippen LogP contribution in [0.2, 0.25) is 0 Å². The Balaban J connectivity index is 2.82. The molecule has 0 aromatic heterocycles. The van der Waals surface area contributed by atoms with Gasteiger partial charge in [0, 0.05) is 29.8 Å². The molecule has 100 valence electrons. The van der Waals surface area contributed by atoms with E-state index in [9.17, 15) is 10.1 Å². The number of nitro groups is 1. The topological polar surface area (TPSA) is 64.4 Å². The van der Waals surface area contributed by atoms with Crippen molar-refractivity contribution >= 4 is 27.3 Å². The van der Waals surface area contributed by atoms with Crippen molar-refractivity contribution in [3.8, 4) is 0 Å². The smallest absolute Gasteiger partial charge is 0.274 e. The summed E-state index contributed by atoms with van der Waals surface area (Å²) in [6.07, 6.45) is 0. The number of halogens is 1. The number of rotatable bonds is 6. The van der Waals surface area contributed by atoms with Crippen LogP contribution >= 0.6 is 15.9 Å². The van der Waals surface area contributed by atoms with Crippen LogP contribution in [0.5, 0.6) is 0 Å². The molecule has 1 aromatic carbocycles. The number of hydrogen-bond acceptors (Lipinski definition) is 4. The summed E-state index contributed by atoms with van der Waals surface area (Å²) in [6, 6.07) is 3.31. The number of hydrogen-bond donors (Lipinski definition) is 1. The van der Waals surface area contributed by atoms with Crippen LogP contribution in [0.3, 0.4) is 0 Å². The molecule has 0 fully saturated rings. The third-order valence-corrected chi connectivity index (χ3v) is 3.23. The van der Waals surface area contributed by atoms with Crippen molar-refractivity contribution in [3.63, 3.8) is 0 Å². The second-order valence-corrected chi connectivity index (χ2v) is 5.17. The van der Waals surface area contributed by atoms with Crippen LogP contribution in [-0.4, -0.2) is 25.2 Å². The van der Waals surface area contributed by atoms with Gasteiger partial charge in [-0.25, -0.2) is 0 Å². The van der Waals surface area contributed by atoms with E-state index >= 15 is 0 Å². The fraction of sp³-hybridized carbons (Fsp3) is 0.500. The largest absolute Gasteiger partial charge is 0.384 e. The van der Waals surface area contributed by atoms with Gasteiger partial charge in [-0.3, -0.25) is 10.1 Å². The molecule has 18 heavy (non-hydrogen) atoms. The third kappa shape index (κ3) is 3.96. The second-order valence-electron chi connectivity index (χ2n) is 4.32. The number of methoxy groups -OCH3 is 1. The zero-order chi connectivity index (χ0) is 13.7. The summed E-state index contributed by atoms with van der Waals surface area (Å²) in [5.74, 6) is 0.335. The Morgan fingerprint density at radius 3 is 2.78 bits per heavy atom. The molecule has 0 aliphatic heterocycles. The summed E-state index contributed by atoms with van der Waals surface area (Å²) < 4.78 is 5.87. The standard InChI is InChI=1S/C12H17BrN2O3/c1-8(7-18-3)6-14-11-5-12(15(16)17)9(2)4-10(11)13/h4-5,8,14H,6-7H2,1-3H3. The lowest BCUT2D eigenvalue weighted by Gasteiger charge is -2.14. The first-order chi connectivity index (χ1) is 8.45. The van der Waals surface area contributed by atoms with E-state index in [1.807, 2.05) is 6.92 Å². The summed E-state index contributed by atoms with van der Waals surface area (Å²) in [5, 5.41) is 14.1. The van der Waals surface area contributed by atoms with E-state index in [-0.39, 0.29) is 10.6 Å². The number of aryl methyl sites for hydroxylation is 1. The summed E-state index contributed by atoms with van der Waals surface area (Å²) in [4.78, 5) is 10.5.